The number of amides is 3. The van der Waals surface area contributed by atoms with Crippen LogP contribution in [0.5, 0.6) is 0 Å². The number of carbonyl (C=O) groups is 4. The van der Waals surface area contributed by atoms with Crippen molar-refractivity contribution in [2.45, 2.75) is 31.7 Å². The van der Waals surface area contributed by atoms with Crippen LogP contribution < -0.4 is 11.1 Å². The number of carbonyl (C=O) groups excluding carboxylic acids is 3. The lowest BCUT2D eigenvalue weighted by molar-refractivity contribution is -0.161. The highest BCUT2D eigenvalue weighted by atomic mass is 32.2. The molecule has 3 aliphatic heterocycles. The van der Waals surface area contributed by atoms with Gasteiger partial charge in [0, 0.05) is 17.1 Å². The Morgan fingerprint density at radius 1 is 1.35 bits per heavy atom. The van der Waals surface area contributed by atoms with Crippen LogP contribution in [0.3, 0.4) is 0 Å². The number of thioether (sulfide) groups is 1. The van der Waals surface area contributed by atoms with Gasteiger partial charge in [-0.1, -0.05) is 0 Å². The number of fused-ring (bicyclic) bond motifs is 1. The van der Waals surface area contributed by atoms with Gasteiger partial charge >= 0.3 is 5.97 Å². The number of rotatable bonds is 6. The third-order valence-electron chi connectivity index (χ3n) is 4.76. The fourth-order valence-corrected chi connectivity index (χ4v) is 4.74. The molecule has 2 saturated heterocycles. The maximum atomic E-state index is 12.1. The van der Waals surface area contributed by atoms with Gasteiger partial charge in [-0.05, 0) is 6.92 Å². The molecule has 3 heterocycles. The summed E-state index contributed by atoms with van der Waals surface area (Å²) in [6.07, 6.45) is -1.11. The van der Waals surface area contributed by atoms with Crippen LogP contribution in [0.2, 0.25) is 0 Å². The van der Waals surface area contributed by atoms with Gasteiger partial charge in [-0.25, -0.2) is 4.79 Å². The van der Waals surface area contributed by atoms with Gasteiger partial charge in [0.15, 0.2) is 0 Å². The summed E-state index contributed by atoms with van der Waals surface area (Å²) in [5.41, 5.74) is 5.97. The summed E-state index contributed by atoms with van der Waals surface area (Å²) in [6.45, 7) is 1.51. The number of β-lactam (4-membered cyclic amide) rings is 1. The molecule has 3 rings (SSSR count). The Hall–Kier alpha value is -1.95. The number of aliphatic carboxylic acids is 1. The molecule has 0 radical (unpaired) electrons. The van der Waals surface area contributed by atoms with E-state index in [0.717, 1.165) is 0 Å². The Morgan fingerprint density at radius 2 is 1.96 bits per heavy atom. The van der Waals surface area contributed by atoms with Gasteiger partial charge < -0.3 is 20.8 Å². The van der Waals surface area contributed by atoms with E-state index >= 15 is 0 Å². The minimum Gasteiger partial charge on any atom is -0.477 e. The standard InChI is InChI=1S/C15H20N4O6S/c1-6(20)12-7-2-8(13(15(24)25)19(7)14(12)23)26-5-9(16)18-3-10(21)17-11(22)4-18/h6-7,9,12,20H,2-5,16H2,1H3,(H,24,25)(H,17,21,22)/t6-,7-,9?,12-/m1/s1. The molecule has 0 aromatic heterocycles. The lowest BCUT2D eigenvalue weighted by atomic mass is 9.83. The fourth-order valence-electron chi connectivity index (χ4n) is 3.55. The highest BCUT2D eigenvalue weighted by Crippen LogP contribution is 2.47. The maximum Gasteiger partial charge on any atom is 0.353 e. The minimum absolute atomic E-state index is 0.00433. The molecule has 0 spiro atoms. The molecule has 4 atom stereocenters. The van der Waals surface area contributed by atoms with Crippen molar-refractivity contribution in [1.29, 1.82) is 0 Å². The number of aliphatic hydroxyl groups is 1. The fraction of sp³-hybridized carbons (Fsp3) is 0.600. The average Bonchev–Trinajstić information content (AvgIpc) is 2.85. The zero-order valence-electron chi connectivity index (χ0n) is 14.0. The molecule has 0 aliphatic carbocycles. The van der Waals surface area contributed by atoms with Gasteiger partial charge in [0.25, 0.3) is 0 Å². The number of carboxylic acid groups (broad SMARTS) is 1. The van der Waals surface area contributed by atoms with Crippen LogP contribution >= 0.6 is 11.8 Å². The number of aliphatic hydroxyl groups excluding tert-OH is 1. The second-order valence-corrected chi connectivity index (χ2v) is 7.69. The predicted molar refractivity (Wildman–Crippen MR) is 90.2 cm³/mol. The van der Waals surface area contributed by atoms with Crippen molar-refractivity contribution in [3.63, 3.8) is 0 Å². The van der Waals surface area contributed by atoms with Crippen molar-refractivity contribution in [3.8, 4) is 0 Å². The number of nitrogens with one attached hydrogen (secondary N) is 1. The van der Waals surface area contributed by atoms with Crippen molar-refractivity contribution in [2.75, 3.05) is 18.8 Å². The van der Waals surface area contributed by atoms with Crippen LogP contribution in [-0.2, 0) is 19.2 Å². The van der Waals surface area contributed by atoms with Crippen molar-refractivity contribution in [1.82, 2.24) is 15.1 Å². The first kappa shape index (κ1) is 18.8. The smallest absolute Gasteiger partial charge is 0.353 e. The molecule has 0 saturated carbocycles. The SMILES string of the molecule is C[C@@H](O)[C@H]1C(=O)N2C(C(=O)O)=C(SCC(N)N3CC(=O)NC(=O)C3)C[C@H]12. The molecule has 5 N–H and O–H groups in total. The summed E-state index contributed by atoms with van der Waals surface area (Å²) in [4.78, 5) is 49.9. The monoisotopic (exact) mass is 384 g/mol. The van der Waals surface area contributed by atoms with Gasteiger partial charge in [-0.3, -0.25) is 24.6 Å². The van der Waals surface area contributed by atoms with E-state index < -0.39 is 36.0 Å². The molecule has 142 valence electrons. The summed E-state index contributed by atoms with van der Waals surface area (Å²) in [6, 6.07) is -0.352. The molecule has 0 aromatic rings. The van der Waals surface area contributed by atoms with Crippen LogP contribution in [0.4, 0.5) is 0 Å². The van der Waals surface area contributed by atoms with Crippen molar-refractivity contribution < 1.29 is 29.4 Å². The first-order valence-electron chi connectivity index (χ1n) is 8.13. The first-order valence-corrected chi connectivity index (χ1v) is 9.12. The van der Waals surface area contributed by atoms with E-state index in [1.807, 2.05) is 0 Å². The molecule has 2 fully saturated rings. The topological polar surface area (TPSA) is 153 Å². The molecule has 26 heavy (non-hydrogen) atoms. The van der Waals surface area contributed by atoms with Crippen molar-refractivity contribution in [3.05, 3.63) is 10.6 Å². The Balaban J connectivity index is 1.67. The summed E-state index contributed by atoms with van der Waals surface area (Å²) in [5, 5.41) is 21.4. The summed E-state index contributed by atoms with van der Waals surface area (Å²) in [7, 11) is 0. The Bertz CT molecular complexity index is 692. The Morgan fingerprint density at radius 3 is 2.50 bits per heavy atom. The second kappa shape index (κ2) is 6.99. The molecule has 11 heteroatoms. The maximum absolute atomic E-state index is 12.1. The van der Waals surface area contributed by atoms with Gasteiger partial charge in [0.2, 0.25) is 17.7 Å². The number of imide groups is 1. The highest BCUT2D eigenvalue weighted by molar-refractivity contribution is 8.03. The van der Waals surface area contributed by atoms with Crippen LogP contribution in [0.15, 0.2) is 10.6 Å². The van der Waals surface area contributed by atoms with E-state index in [4.69, 9.17) is 5.73 Å². The number of carboxylic acids is 1. The molecule has 3 aliphatic rings. The second-order valence-electron chi connectivity index (χ2n) is 6.58. The number of hydrogen-bond donors (Lipinski definition) is 4. The average molecular weight is 384 g/mol. The molecule has 0 bridgehead atoms. The van der Waals surface area contributed by atoms with Crippen LogP contribution in [0.25, 0.3) is 0 Å². The third kappa shape index (κ3) is 3.22. The Kier molecular flexibility index (Phi) is 5.06. The Labute approximate surface area is 153 Å². The summed E-state index contributed by atoms with van der Waals surface area (Å²) >= 11 is 1.20. The summed E-state index contributed by atoms with van der Waals surface area (Å²) in [5.74, 6) is -2.78. The zero-order valence-corrected chi connectivity index (χ0v) is 14.9. The molecule has 0 aromatic carbocycles. The van der Waals surface area contributed by atoms with Crippen LogP contribution in [0, 0.1) is 5.92 Å². The number of piperazine rings is 1. The first-order chi connectivity index (χ1) is 12.2. The lowest BCUT2D eigenvalue weighted by Gasteiger charge is -2.44. The van der Waals surface area contributed by atoms with Crippen LogP contribution in [0.1, 0.15) is 13.3 Å². The van der Waals surface area contributed by atoms with E-state index in [1.54, 1.807) is 0 Å². The largest absolute Gasteiger partial charge is 0.477 e. The third-order valence-corrected chi connectivity index (χ3v) is 5.98. The van der Waals surface area contributed by atoms with E-state index in [0.29, 0.717) is 11.3 Å². The molecule has 10 nitrogen and oxygen atoms in total. The highest BCUT2D eigenvalue weighted by Gasteiger charge is 2.56. The van der Waals surface area contributed by atoms with Gasteiger partial charge in [0.05, 0.1) is 37.3 Å². The lowest BCUT2D eigenvalue weighted by Crippen LogP contribution is -2.61. The zero-order chi connectivity index (χ0) is 19.2. The van der Waals surface area contributed by atoms with Crippen LogP contribution in [-0.4, -0.2) is 80.9 Å². The van der Waals surface area contributed by atoms with Gasteiger partial charge in [-0.15, -0.1) is 11.8 Å². The van der Waals surface area contributed by atoms with Gasteiger partial charge in [-0.2, -0.15) is 0 Å². The number of nitrogens with zero attached hydrogens (tertiary/aromatic N) is 2. The van der Waals surface area contributed by atoms with Gasteiger partial charge in [0.1, 0.15) is 5.70 Å². The molecular weight excluding hydrogens is 364 g/mol. The molecule has 1 unspecified atom stereocenters. The number of hydrogen-bond acceptors (Lipinski definition) is 8. The summed E-state index contributed by atoms with van der Waals surface area (Å²) < 4.78 is 0. The van der Waals surface area contributed by atoms with Crippen molar-refractivity contribution >= 4 is 35.5 Å². The quantitative estimate of drug-likeness (QED) is 0.297. The minimum atomic E-state index is -1.20. The normalized spacial score (nSPS) is 28.6. The van der Waals surface area contributed by atoms with E-state index in [1.165, 1.54) is 28.5 Å². The number of nitrogens with two attached hydrogens (primary N) is 1. The predicted octanol–water partition coefficient (Wildman–Crippen LogP) is -2.13. The van der Waals surface area contributed by atoms with E-state index in [2.05, 4.69) is 5.32 Å². The molecular formula is C15H20N4O6S. The van der Waals surface area contributed by atoms with Crippen molar-refractivity contribution in [2.24, 2.45) is 11.7 Å². The van der Waals surface area contributed by atoms with E-state index in [9.17, 15) is 29.4 Å². The van der Waals surface area contributed by atoms with E-state index in [-0.39, 0.29) is 36.5 Å². The molecule has 3 amide bonds.